The Bertz CT molecular complexity index is 528. The van der Waals surface area contributed by atoms with Crippen molar-refractivity contribution < 1.29 is 4.79 Å². The zero-order valence-electron chi connectivity index (χ0n) is 13.7. The Balaban J connectivity index is 2.00. The van der Waals surface area contributed by atoms with E-state index >= 15 is 0 Å². The number of carbonyl (C=O) groups is 1. The third-order valence-electron chi connectivity index (χ3n) is 4.42. The highest BCUT2D eigenvalue weighted by molar-refractivity contribution is 5.77. The van der Waals surface area contributed by atoms with E-state index in [-0.39, 0.29) is 11.3 Å². The number of hydrogen-bond acceptors (Lipinski definition) is 2. The Labute approximate surface area is 127 Å². The van der Waals surface area contributed by atoms with Gasteiger partial charge in [-0.05, 0) is 38.5 Å². The highest BCUT2D eigenvalue weighted by Gasteiger charge is 2.34. The fraction of sp³-hybridized carbons (Fsp3) is 0.647. The largest absolute Gasteiger partial charge is 0.337 e. The summed E-state index contributed by atoms with van der Waals surface area (Å²) in [6.07, 6.45) is 9.92. The van der Waals surface area contributed by atoms with Gasteiger partial charge in [0, 0.05) is 32.4 Å². The van der Waals surface area contributed by atoms with Crippen molar-refractivity contribution in [3.8, 4) is 0 Å². The van der Waals surface area contributed by atoms with Crippen LogP contribution in [0, 0.1) is 5.41 Å². The van der Waals surface area contributed by atoms with Gasteiger partial charge in [-0.25, -0.2) is 4.98 Å². The Hall–Kier alpha value is -1.58. The van der Waals surface area contributed by atoms with Crippen molar-refractivity contribution in [1.82, 2.24) is 14.5 Å². The number of carbonyl (C=O) groups excluding carboxylic acids is 1. The lowest BCUT2D eigenvalue weighted by molar-refractivity contribution is -0.138. The smallest absolute Gasteiger partial charge is 0.223 e. The van der Waals surface area contributed by atoms with Gasteiger partial charge in [-0.3, -0.25) is 4.79 Å². The minimum Gasteiger partial charge on any atom is -0.337 e. The van der Waals surface area contributed by atoms with Crippen LogP contribution in [0.15, 0.2) is 24.0 Å². The highest BCUT2D eigenvalue weighted by Crippen LogP contribution is 2.35. The molecule has 1 atom stereocenters. The number of piperidine rings is 1. The molecule has 1 aromatic rings. The van der Waals surface area contributed by atoms with Crippen molar-refractivity contribution in [1.29, 1.82) is 0 Å². The molecule has 1 aliphatic rings. The monoisotopic (exact) mass is 289 g/mol. The van der Waals surface area contributed by atoms with Crippen LogP contribution in [0.1, 0.15) is 52.3 Å². The standard InChI is InChI=1S/C17H27N3O/c1-14(2)6-5-8-17(3)9-7-16(21)20(13-17)12-15-18-10-11-19(15)4/h6,10-11H,5,7-9,12-13H2,1-4H3/t17-/m1/s1. The Kier molecular flexibility index (Phi) is 4.86. The van der Waals surface area contributed by atoms with E-state index in [2.05, 4.69) is 31.8 Å². The fourth-order valence-corrected chi connectivity index (χ4v) is 2.97. The molecule has 1 fully saturated rings. The summed E-state index contributed by atoms with van der Waals surface area (Å²) in [6, 6.07) is 0. The molecule has 1 saturated heterocycles. The van der Waals surface area contributed by atoms with E-state index in [0.717, 1.165) is 31.6 Å². The van der Waals surface area contributed by atoms with Gasteiger partial charge in [-0.2, -0.15) is 0 Å². The summed E-state index contributed by atoms with van der Waals surface area (Å²) in [6.45, 7) is 8.06. The van der Waals surface area contributed by atoms with Crippen molar-refractivity contribution in [3.63, 3.8) is 0 Å². The lowest BCUT2D eigenvalue weighted by Crippen LogP contribution is -2.45. The SMILES string of the molecule is CC(C)=CCC[C@]1(C)CCC(=O)N(Cc2nccn2C)C1. The van der Waals surface area contributed by atoms with Crippen LogP contribution in [0.2, 0.25) is 0 Å². The van der Waals surface area contributed by atoms with Gasteiger partial charge in [0.25, 0.3) is 0 Å². The second-order valence-corrected chi connectivity index (χ2v) is 6.83. The number of aromatic nitrogens is 2. The summed E-state index contributed by atoms with van der Waals surface area (Å²) < 4.78 is 1.99. The highest BCUT2D eigenvalue weighted by atomic mass is 16.2. The molecule has 1 aliphatic heterocycles. The van der Waals surface area contributed by atoms with Gasteiger partial charge in [0.2, 0.25) is 5.91 Å². The fourth-order valence-electron chi connectivity index (χ4n) is 2.97. The quantitative estimate of drug-likeness (QED) is 0.780. The van der Waals surface area contributed by atoms with Gasteiger partial charge in [0.15, 0.2) is 0 Å². The van der Waals surface area contributed by atoms with E-state index in [1.165, 1.54) is 5.57 Å². The number of likely N-dealkylation sites (tertiary alicyclic amines) is 1. The molecule has 0 aromatic carbocycles. The van der Waals surface area contributed by atoms with Gasteiger partial charge in [-0.15, -0.1) is 0 Å². The number of hydrogen-bond donors (Lipinski definition) is 0. The number of allylic oxidation sites excluding steroid dienone is 2. The lowest BCUT2D eigenvalue weighted by Gasteiger charge is -2.40. The van der Waals surface area contributed by atoms with E-state index < -0.39 is 0 Å². The average Bonchev–Trinajstić information content (AvgIpc) is 2.79. The van der Waals surface area contributed by atoms with Crippen LogP contribution < -0.4 is 0 Å². The third kappa shape index (κ3) is 4.19. The Morgan fingerprint density at radius 2 is 2.24 bits per heavy atom. The van der Waals surface area contributed by atoms with Crippen LogP contribution in [0.4, 0.5) is 0 Å². The van der Waals surface area contributed by atoms with Gasteiger partial charge < -0.3 is 9.47 Å². The molecule has 2 heterocycles. The first-order chi connectivity index (χ1) is 9.89. The van der Waals surface area contributed by atoms with Crippen LogP contribution in [0.25, 0.3) is 0 Å². The number of aryl methyl sites for hydroxylation is 1. The molecule has 4 heteroatoms. The maximum absolute atomic E-state index is 12.2. The molecule has 2 rings (SSSR count). The van der Waals surface area contributed by atoms with Crippen molar-refractivity contribution in [2.24, 2.45) is 12.5 Å². The molecule has 0 radical (unpaired) electrons. The minimum absolute atomic E-state index is 0.227. The number of nitrogens with zero attached hydrogens (tertiary/aromatic N) is 3. The van der Waals surface area contributed by atoms with Crippen LogP contribution in [-0.4, -0.2) is 26.9 Å². The Morgan fingerprint density at radius 3 is 2.86 bits per heavy atom. The normalized spacial score (nSPS) is 22.5. The predicted molar refractivity (Wildman–Crippen MR) is 84.6 cm³/mol. The van der Waals surface area contributed by atoms with Crippen molar-refractivity contribution in [2.75, 3.05) is 6.54 Å². The summed E-state index contributed by atoms with van der Waals surface area (Å²) >= 11 is 0. The molecular formula is C17H27N3O. The van der Waals surface area contributed by atoms with Crippen LogP contribution in [0.5, 0.6) is 0 Å². The first-order valence-corrected chi connectivity index (χ1v) is 7.77. The van der Waals surface area contributed by atoms with E-state index in [1.54, 1.807) is 6.20 Å². The van der Waals surface area contributed by atoms with Crippen LogP contribution >= 0.6 is 0 Å². The van der Waals surface area contributed by atoms with Crippen molar-refractivity contribution in [3.05, 3.63) is 29.9 Å². The second-order valence-electron chi connectivity index (χ2n) is 6.83. The summed E-state index contributed by atoms with van der Waals surface area (Å²) in [5.74, 6) is 1.22. The number of imidazole rings is 1. The summed E-state index contributed by atoms with van der Waals surface area (Å²) in [4.78, 5) is 18.5. The molecule has 21 heavy (non-hydrogen) atoms. The zero-order valence-corrected chi connectivity index (χ0v) is 13.7. The van der Waals surface area contributed by atoms with E-state index in [0.29, 0.717) is 13.0 Å². The van der Waals surface area contributed by atoms with E-state index in [4.69, 9.17) is 0 Å². The van der Waals surface area contributed by atoms with Crippen LogP contribution in [0.3, 0.4) is 0 Å². The summed E-state index contributed by atoms with van der Waals surface area (Å²) in [7, 11) is 1.98. The van der Waals surface area contributed by atoms with Gasteiger partial charge >= 0.3 is 0 Å². The van der Waals surface area contributed by atoms with E-state index in [1.807, 2.05) is 22.7 Å². The molecule has 0 saturated carbocycles. The Morgan fingerprint density at radius 1 is 1.48 bits per heavy atom. The van der Waals surface area contributed by atoms with Crippen molar-refractivity contribution in [2.45, 2.75) is 53.0 Å². The molecule has 0 bridgehead atoms. The molecular weight excluding hydrogens is 262 g/mol. The van der Waals surface area contributed by atoms with E-state index in [9.17, 15) is 4.79 Å². The minimum atomic E-state index is 0.227. The molecule has 1 amide bonds. The average molecular weight is 289 g/mol. The number of rotatable bonds is 5. The van der Waals surface area contributed by atoms with Gasteiger partial charge in [0.1, 0.15) is 5.82 Å². The molecule has 116 valence electrons. The molecule has 1 aromatic heterocycles. The topological polar surface area (TPSA) is 38.1 Å². The first-order valence-electron chi connectivity index (χ1n) is 7.77. The molecule has 0 unspecified atom stereocenters. The van der Waals surface area contributed by atoms with Gasteiger partial charge in [0.05, 0.1) is 6.54 Å². The molecule has 0 aliphatic carbocycles. The lowest BCUT2D eigenvalue weighted by atomic mass is 9.77. The molecule has 4 nitrogen and oxygen atoms in total. The second kappa shape index (κ2) is 6.46. The van der Waals surface area contributed by atoms with Crippen molar-refractivity contribution >= 4 is 5.91 Å². The maximum Gasteiger partial charge on any atom is 0.223 e. The summed E-state index contributed by atoms with van der Waals surface area (Å²) in [5, 5.41) is 0. The summed E-state index contributed by atoms with van der Waals surface area (Å²) in [5.41, 5.74) is 1.60. The predicted octanol–water partition coefficient (Wildman–Crippen LogP) is 3.30. The maximum atomic E-state index is 12.2. The number of amides is 1. The zero-order chi connectivity index (χ0) is 15.5. The third-order valence-corrected chi connectivity index (χ3v) is 4.42. The molecule has 0 N–H and O–H groups in total. The van der Waals surface area contributed by atoms with Gasteiger partial charge in [-0.1, -0.05) is 18.6 Å². The first kappa shape index (κ1) is 15.8. The molecule has 0 spiro atoms. The van der Waals surface area contributed by atoms with Crippen LogP contribution in [-0.2, 0) is 18.4 Å².